The molecule has 1 N–H and O–H groups in total. The van der Waals surface area contributed by atoms with E-state index in [0.29, 0.717) is 0 Å². The number of benzene rings is 1. The number of aryl methyl sites for hydroxylation is 1. The summed E-state index contributed by atoms with van der Waals surface area (Å²) in [6.07, 6.45) is 7.89. The van der Waals surface area contributed by atoms with Gasteiger partial charge in [0.15, 0.2) is 0 Å². The Kier molecular flexibility index (Phi) is 4.68. The lowest BCUT2D eigenvalue weighted by molar-refractivity contribution is 0.600. The third-order valence-electron chi connectivity index (χ3n) is 3.07. The molecule has 0 unspecified atom stereocenters. The molecule has 0 atom stereocenters. The van der Waals surface area contributed by atoms with E-state index in [4.69, 9.17) is 11.6 Å². The Labute approximate surface area is 103 Å². The number of halogens is 1. The van der Waals surface area contributed by atoms with Gasteiger partial charge < -0.3 is 5.32 Å². The van der Waals surface area contributed by atoms with E-state index >= 15 is 0 Å². The van der Waals surface area contributed by atoms with Crippen LogP contribution < -0.4 is 5.32 Å². The molecule has 0 heterocycles. The van der Waals surface area contributed by atoms with E-state index < -0.39 is 0 Å². The summed E-state index contributed by atoms with van der Waals surface area (Å²) in [5.41, 5.74) is 1.40. The Hall–Kier alpha value is -0.530. The monoisotopic (exact) mass is 237 g/mol. The first kappa shape index (κ1) is 11.9. The predicted octanol–water partition coefficient (Wildman–Crippen LogP) is 3.80. The fourth-order valence-electron chi connectivity index (χ4n) is 1.88. The number of rotatable bonds is 7. The van der Waals surface area contributed by atoms with Gasteiger partial charge in [0.25, 0.3) is 0 Å². The first-order valence-electron chi connectivity index (χ1n) is 6.32. The molecule has 1 nitrogen and oxygen atoms in total. The molecule has 0 amide bonds. The van der Waals surface area contributed by atoms with Crippen LogP contribution in [0.1, 0.15) is 37.7 Å². The van der Waals surface area contributed by atoms with Crippen LogP contribution in [0.25, 0.3) is 0 Å². The molecule has 2 rings (SSSR count). The van der Waals surface area contributed by atoms with Crippen LogP contribution >= 0.6 is 11.6 Å². The third-order valence-corrected chi connectivity index (χ3v) is 3.32. The van der Waals surface area contributed by atoms with Crippen LogP contribution in [0.5, 0.6) is 0 Å². The minimum atomic E-state index is 0.831. The molecule has 1 fully saturated rings. The SMILES string of the molecule is Clc1ccc(CCCCCNC2CC2)cc1. The van der Waals surface area contributed by atoms with Crippen LogP contribution in [0.15, 0.2) is 24.3 Å². The molecular weight excluding hydrogens is 218 g/mol. The maximum absolute atomic E-state index is 5.84. The molecule has 0 aromatic heterocycles. The Morgan fingerprint density at radius 1 is 1.06 bits per heavy atom. The Balaban J connectivity index is 1.51. The number of hydrogen-bond acceptors (Lipinski definition) is 1. The summed E-state index contributed by atoms with van der Waals surface area (Å²) < 4.78 is 0. The van der Waals surface area contributed by atoms with E-state index in [1.54, 1.807) is 0 Å². The highest BCUT2D eigenvalue weighted by molar-refractivity contribution is 6.30. The van der Waals surface area contributed by atoms with Crippen LogP contribution in [0.3, 0.4) is 0 Å². The van der Waals surface area contributed by atoms with Gasteiger partial charge in [-0.3, -0.25) is 0 Å². The van der Waals surface area contributed by atoms with Crippen molar-refractivity contribution < 1.29 is 0 Å². The van der Waals surface area contributed by atoms with E-state index in [2.05, 4.69) is 17.4 Å². The number of hydrogen-bond donors (Lipinski definition) is 1. The largest absolute Gasteiger partial charge is 0.314 e. The summed E-state index contributed by atoms with van der Waals surface area (Å²) in [6, 6.07) is 9.07. The lowest BCUT2D eigenvalue weighted by Gasteiger charge is -2.03. The molecule has 1 aliphatic rings. The Morgan fingerprint density at radius 3 is 2.50 bits per heavy atom. The van der Waals surface area contributed by atoms with Gasteiger partial charge in [-0.2, -0.15) is 0 Å². The van der Waals surface area contributed by atoms with Crippen molar-refractivity contribution in [3.63, 3.8) is 0 Å². The van der Waals surface area contributed by atoms with E-state index in [1.165, 1.54) is 50.6 Å². The standard InChI is InChI=1S/C14H20ClN/c15-13-7-5-12(6-8-13)4-2-1-3-11-16-14-9-10-14/h5-8,14,16H,1-4,9-11H2. The topological polar surface area (TPSA) is 12.0 Å². The van der Waals surface area contributed by atoms with Crippen LogP contribution in [0, 0.1) is 0 Å². The van der Waals surface area contributed by atoms with Crippen molar-refractivity contribution in [1.29, 1.82) is 0 Å². The maximum Gasteiger partial charge on any atom is 0.0406 e. The summed E-state index contributed by atoms with van der Waals surface area (Å²) in [5, 5.41) is 4.38. The number of nitrogens with one attached hydrogen (secondary N) is 1. The average Bonchev–Trinajstić information content (AvgIpc) is 3.10. The van der Waals surface area contributed by atoms with Gasteiger partial charge in [-0.1, -0.05) is 30.2 Å². The summed E-state index contributed by atoms with van der Waals surface area (Å²) >= 11 is 5.84. The second-order valence-electron chi connectivity index (χ2n) is 4.67. The van der Waals surface area contributed by atoms with Gasteiger partial charge in [-0.05, 0) is 56.3 Å². The molecular formula is C14H20ClN. The van der Waals surface area contributed by atoms with Crippen molar-refractivity contribution in [2.24, 2.45) is 0 Å². The predicted molar refractivity (Wildman–Crippen MR) is 70.0 cm³/mol. The van der Waals surface area contributed by atoms with E-state index in [-0.39, 0.29) is 0 Å². The van der Waals surface area contributed by atoms with Gasteiger partial charge in [0.2, 0.25) is 0 Å². The highest BCUT2D eigenvalue weighted by Gasteiger charge is 2.19. The second-order valence-corrected chi connectivity index (χ2v) is 5.10. The molecule has 0 radical (unpaired) electrons. The van der Waals surface area contributed by atoms with E-state index in [9.17, 15) is 0 Å². The first-order chi connectivity index (χ1) is 7.84. The third kappa shape index (κ3) is 4.54. The molecule has 88 valence electrons. The highest BCUT2D eigenvalue weighted by atomic mass is 35.5. The summed E-state index contributed by atoms with van der Waals surface area (Å²) in [5.74, 6) is 0. The summed E-state index contributed by atoms with van der Waals surface area (Å²) in [6.45, 7) is 1.20. The Morgan fingerprint density at radius 2 is 1.81 bits per heavy atom. The van der Waals surface area contributed by atoms with Crippen LogP contribution in [-0.4, -0.2) is 12.6 Å². The van der Waals surface area contributed by atoms with E-state index in [1.807, 2.05) is 12.1 Å². The zero-order valence-electron chi connectivity index (χ0n) is 9.71. The molecule has 1 aromatic carbocycles. The van der Waals surface area contributed by atoms with Crippen molar-refractivity contribution in [3.8, 4) is 0 Å². The van der Waals surface area contributed by atoms with Crippen LogP contribution in [0.4, 0.5) is 0 Å². The van der Waals surface area contributed by atoms with Crippen molar-refractivity contribution in [1.82, 2.24) is 5.32 Å². The highest BCUT2D eigenvalue weighted by Crippen LogP contribution is 2.18. The van der Waals surface area contributed by atoms with Gasteiger partial charge in [-0.25, -0.2) is 0 Å². The lowest BCUT2D eigenvalue weighted by atomic mass is 10.1. The molecule has 1 saturated carbocycles. The van der Waals surface area contributed by atoms with Gasteiger partial charge in [-0.15, -0.1) is 0 Å². The summed E-state index contributed by atoms with van der Waals surface area (Å²) in [4.78, 5) is 0. The fourth-order valence-corrected chi connectivity index (χ4v) is 2.00. The van der Waals surface area contributed by atoms with Gasteiger partial charge in [0.05, 0.1) is 0 Å². The second kappa shape index (κ2) is 6.27. The first-order valence-corrected chi connectivity index (χ1v) is 6.70. The fraction of sp³-hybridized carbons (Fsp3) is 0.571. The van der Waals surface area contributed by atoms with Crippen molar-refractivity contribution >= 4 is 11.6 Å². The van der Waals surface area contributed by atoms with Crippen LogP contribution in [-0.2, 0) is 6.42 Å². The molecule has 0 aliphatic heterocycles. The normalized spacial score (nSPS) is 15.3. The molecule has 16 heavy (non-hydrogen) atoms. The van der Waals surface area contributed by atoms with Crippen molar-refractivity contribution in [2.45, 2.75) is 44.6 Å². The molecule has 1 aromatic rings. The Bertz CT molecular complexity index is 303. The average molecular weight is 238 g/mol. The molecule has 0 spiro atoms. The minimum absolute atomic E-state index is 0.831. The smallest absolute Gasteiger partial charge is 0.0406 e. The minimum Gasteiger partial charge on any atom is -0.314 e. The van der Waals surface area contributed by atoms with E-state index in [0.717, 1.165) is 11.1 Å². The van der Waals surface area contributed by atoms with Crippen molar-refractivity contribution in [3.05, 3.63) is 34.9 Å². The molecule has 0 saturated heterocycles. The van der Waals surface area contributed by atoms with Gasteiger partial charge in [0, 0.05) is 11.1 Å². The van der Waals surface area contributed by atoms with Gasteiger partial charge >= 0.3 is 0 Å². The lowest BCUT2D eigenvalue weighted by Crippen LogP contribution is -2.17. The molecule has 1 aliphatic carbocycles. The molecule has 2 heteroatoms. The quantitative estimate of drug-likeness (QED) is 0.712. The zero-order valence-corrected chi connectivity index (χ0v) is 10.5. The maximum atomic E-state index is 5.84. The molecule has 0 bridgehead atoms. The van der Waals surface area contributed by atoms with Gasteiger partial charge in [0.1, 0.15) is 0 Å². The summed E-state index contributed by atoms with van der Waals surface area (Å²) in [7, 11) is 0. The van der Waals surface area contributed by atoms with Crippen molar-refractivity contribution in [2.75, 3.05) is 6.54 Å². The van der Waals surface area contributed by atoms with Crippen LogP contribution in [0.2, 0.25) is 5.02 Å². The number of unbranched alkanes of at least 4 members (excludes halogenated alkanes) is 2. The zero-order chi connectivity index (χ0) is 11.2.